The predicted octanol–water partition coefficient (Wildman–Crippen LogP) is 0.920. The number of hydrogen-bond acceptors (Lipinski definition) is 7. The molecule has 8 heteroatoms. The molecular weight excluding hydrogens is 276 g/mol. The van der Waals surface area contributed by atoms with Crippen molar-refractivity contribution in [2.24, 2.45) is 0 Å². The van der Waals surface area contributed by atoms with Crippen molar-refractivity contribution >= 4 is 5.97 Å². The van der Waals surface area contributed by atoms with Crippen LogP contribution in [0.2, 0.25) is 0 Å². The molecule has 0 aliphatic heterocycles. The van der Waals surface area contributed by atoms with Gasteiger partial charge in [0, 0.05) is 5.56 Å². The van der Waals surface area contributed by atoms with Crippen LogP contribution in [0.25, 0.3) is 11.4 Å². The molecule has 0 amide bonds. The lowest BCUT2D eigenvalue weighted by molar-refractivity contribution is -0.144. The number of carbonyl (C=O) groups is 1. The molecular formula is C13H16N4O4. The van der Waals surface area contributed by atoms with E-state index in [-0.39, 0.29) is 6.54 Å². The zero-order chi connectivity index (χ0) is 15.2. The predicted molar refractivity (Wildman–Crippen MR) is 73.0 cm³/mol. The quantitative estimate of drug-likeness (QED) is 0.731. The molecule has 0 aliphatic rings. The highest BCUT2D eigenvalue weighted by Crippen LogP contribution is 2.30. The molecule has 0 spiro atoms. The van der Waals surface area contributed by atoms with E-state index in [4.69, 9.17) is 14.2 Å². The number of benzene rings is 1. The Balaban J connectivity index is 2.19. The SMILES string of the molecule is CCOC(=O)Cn1nnc(-c2ccc(OC)c(OC)c2)n1. The first-order chi connectivity index (χ1) is 10.2. The number of ether oxygens (including phenoxy) is 3. The molecule has 0 radical (unpaired) electrons. The molecule has 112 valence electrons. The maximum atomic E-state index is 11.4. The number of rotatable bonds is 6. The molecule has 2 aromatic rings. The van der Waals surface area contributed by atoms with Gasteiger partial charge in [0.05, 0.1) is 20.8 Å². The van der Waals surface area contributed by atoms with Crippen molar-refractivity contribution in [3.8, 4) is 22.9 Å². The van der Waals surface area contributed by atoms with Gasteiger partial charge >= 0.3 is 5.97 Å². The third-order valence-corrected chi connectivity index (χ3v) is 2.67. The first-order valence-electron chi connectivity index (χ1n) is 6.33. The van der Waals surface area contributed by atoms with E-state index in [2.05, 4.69) is 15.4 Å². The molecule has 1 aromatic carbocycles. The number of esters is 1. The lowest BCUT2D eigenvalue weighted by Crippen LogP contribution is -2.15. The number of carbonyl (C=O) groups excluding carboxylic acids is 1. The summed E-state index contributed by atoms with van der Waals surface area (Å²) in [5.74, 6) is 1.16. The maximum Gasteiger partial charge on any atom is 0.329 e. The van der Waals surface area contributed by atoms with Crippen LogP contribution in [-0.2, 0) is 16.1 Å². The Labute approximate surface area is 121 Å². The lowest BCUT2D eigenvalue weighted by Gasteiger charge is -2.07. The fraction of sp³-hybridized carbons (Fsp3) is 0.385. The second kappa shape index (κ2) is 6.69. The fourth-order valence-corrected chi connectivity index (χ4v) is 1.72. The van der Waals surface area contributed by atoms with Gasteiger partial charge in [-0.2, -0.15) is 4.80 Å². The van der Waals surface area contributed by atoms with E-state index >= 15 is 0 Å². The van der Waals surface area contributed by atoms with Gasteiger partial charge in [0.25, 0.3) is 0 Å². The van der Waals surface area contributed by atoms with Gasteiger partial charge in [-0.25, -0.2) is 4.79 Å². The van der Waals surface area contributed by atoms with E-state index in [1.165, 1.54) is 4.80 Å². The Hall–Kier alpha value is -2.64. The Bertz CT molecular complexity index is 626. The molecule has 0 unspecified atom stereocenters. The van der Waals surface area contributed by atoms with E-state index in [1.807, 2.05) is 0 Å². The van der Waals surface area contributed by atoms with Crippen molar-refractivity contribution in [1.82, 2.24) is 20.2 Å². The van der Waals surface area contributed by atoms with Gasteiger partial charge in [-0.3, -0.25) is 0 Å². The van der Waals surface area contributed by atoms with E-state index in [1.54, 1.807) is 39.3 Å². The van der Waals surface area contributed by atoms with E-state index in [0.29, 0.717) is 29.5 Å². The van der Waals surface area contributed by atoms with Crippen molar-refractivity contribution < 1.29 is 19.0 Å². The number of methoxy groups -OCH3 is 2. The summed E-state index contributed by atoms with van der Waals surface area (Å²) in [5.41, 5.74) is 0.711. The van der Waals surface area contributed by atoms with Crippen LogP contribution in [0.15, 0.2) is 18.2 Å². The summed E-state index contributed by atoms with van der Waals surface area (Å²) in [4.78, 5) is 12.5. The van der Waals surface area contributed by atoms with E-state index < -0.39 is 5.97 Å². The second-order valence-electron chi connectivity index (χ2n) is 4.02. The smallest absolute Gasteiger partial charge is 0.329 e. The normalized spacial score (nSPS) is 10.2. The minimum absolute atomic E-state index is 0.0753. The molecule has 0 N–H and O–H groups in total. The molecule has 21 heavy (non-hydrogen) atoms. The molecule has 0 bridgehead atoms. The Morgan fingerprint density at radius 2 is 2.00 bits per heavy atom. The summed E-state index contributed by atoms with van der Waals surface area (Å²) in [6, 6.07) is 5.28. The summed E-state index contributed by atoms with van der Waals surface area (Å²) >= 11 is 0. The van der Waals surface area contributed by atoms with Crippen LogP contribution in [0, 0.1) is 0 Å². The number of aromatic nitrogens is 4. The second-order valence-corrected chi connectivity index (χ2v) is 4.02. The van der Waals surface area contributed by atoms with Crippen LogP contribution in [0.3, 0.4) is 0 Å². The molecule has 1 heterocycles. The standard InChI is InChI=1S/C13H16N4O4/c1-4-21-12(18)8-17-15-13(14-16-17)9-5-6-10(19-2)11(7-9)20-3/h5-7H,4,8H2,1-3H3. The van der Waals surface area contributed by atoms with E-state index in [9.17, 15) is 4.79 Å². The van der Waals surface area contributed by atoms with Crippen LogP contribution < -0.4 is 9.47 Å². The van der Waals surface area contributed by atoms with Crippen LogP contribution >= 0.6 is 0 Å². The summed E-state index contributed by atoms with van der Waals surface area (Å²) in [6.07, 6.45) is 0. The van der Waals surface area contributed by atoms with Gasteiger partial charge in [0.15, 0.2) is 18.0 Å². The van der Waals surface area contributed by atoms with E-state index in [0.717, 1.165) is 0 Å². The van der Waals surface area contributed by atoms with Gasteiger partial charge in [0.1, 0.15) is 0 Å². The Kier molecular flexibility index (Phi) is 4.70. The van der Waals surface area contributed by atoms with Gasteiger partial charge in [-0.1, -0.05) is 0 Å². The highest BCUT2D eigenvalue weighted by molar-refractivity contribution is 5.69. The average Bonchev–Trinajstić information content (AvgIpc) is 2.95. The van der Waals surface area contributed by atoms with Crippen LogP contribution in [-0.4, -0.2) is 47.0 Å². The molecule has 0 saturated carbocycles. The number of hydrogen-bond donors (Lipinski definition) is 0. The zero-order valence-corrected chi connectivity index (χ0v) is 12.1. The van der Waals surface area contributed by atoms with Gasteiger partial charge in [-0.15, -0.1) is 10.2 Å². The van der Waals surface area contributed by atoms with Crippen molar-refractivity contribution in [2.45, 2.75) is 13.5 Å². The van der Waals surface area contributed by atoms with Gasteiger partial charge < -0.3 is 14.2 Å². The largest absolute Gasteiger partial charge is 0.493 e. The van der Waals surface area contributed by atoms with Crippen molar-refractivity contribution in [3.05, 3.63) is 18.2 Å². The lowest BCUT2D eigenvalue weighted by atomic mass is 10.2. The van der Waals surface area contributed by atoms with Crippen molar-refractivity contribution in [3.63, 3.8) is 0 Å². The third kappa shape index (κ3) is 3.47. The third-order valence-electron chi connectivity index (χ3n) is 2.67. The fourth-order valence-electron chi connectivity index (χ4n) is 1.72. The maximum absolute atomic E-state index is 11.4. The van der Waals surface area contributed by atoms with Gasteiger partial charge in [0.2, 0.25) is 5.82 Å². The molecule has 0 fully saturated rings. The Morgan fingerprint density at radius 1 is 1.24 bits per heavy atom. The molecule has 8 nitrogen and oxygen atoms in total. The Morgan fingerprint density at radius 3 is 2.67 bits per heavy atom. The summed E-state index contributed by atoms with van der Waals surface area (Å²) in [7, 11) is 3.11. The van der Waals surface area contributed by atoms with Crippen LogP contribution in [0.4, 0.5) is 0 Å². The minimum Gasteiger partial charge on any atom is -0.493 e. The first kappa shape index (κ1) is 14.8. The molecule has 0 atom stereocenters. The topological polar surface area (TPSA) is 88.4 Å². The average molecular weight is 292 g/mol. The summed E-state index contributed by atoms with van der Waals surface area (Å²) < 4.78 is 15.2. The molecule has 1 aromatic heterocycles. The van der Waals surface area contributed by atoms with Crippen molar-refractivity contribution in [2.75, 3.05) is 20.8 Å². The highest BCUT2D eigenvalue weighted by Gasteiger charge is 2.12. The number of tetrazole rings is 1. The minimum atomic E-state index is -0.409. The first-order valence-corrected chi connectivity index (χ1v) is 6.33. The molecule has 0 aliphatic carbocycles. The number of nitrogens with zero attached hydrogens (tertiary/aromatic N) is 4. The molecule has 2 rings (SSSR count). The van der Waals surface area contributed by atoms with Gasteiger partial charge in [-0.05, 0) is 30.3 Å². The van der Waals surface area contributed by atoms with Crippen LogP contribution in [0.5, 0.6) is 11.5 Å². The molecule has 0 saturated heterocycles. The monoisotopic (exact) mass is 292 g/mol. The van der Waals surface area contributed by atoms with Crippen molar-refractivity contribution in [1.29, 1.82) is 0 Å². The highest BCUT2D eigenvalue weighted by atomic mass is 16.5. The van der Waals surface area contributed by atoms with Crippen LogP contribution in [0.1, 0.15) is 6.92 Å². The zero-order valence-electron chi connectivity index (χ0n) is 12.1. The summed E-state index contributed by atoms with van der Waals surface area (Å²) in [6.45, 7) is 1.98. The summed E-state index contributed by atoms with van der Waals surface area (Å²) in [5, 5.41) is 11.9.